The summed E-state index contributed by atoms with van der Waals surface area (Å²) in [5.41, 5.74) is 7.68. The number of rotatable bonds is 7. The maximum atomic E-state index is 5.96. The van der Waals surface area contributed by atoms with E-state index >= 15 is 0 Å². The van der Waals surface area contributed by atoms with E-state index in [-0.39, 0.29) is 0 Å². The number of hydrogen-bond donors (Lipinski definition) is 1. The largest absolute Gasteiger partial charge is 0.494 e. The summed E-state index contributed by atoms with van der Waals surface area (Å²) in [6.45, 7) is 5.36. The van der Waals surface area contributed by atoms with Gasteiger partial charge in [-0.15, -0.1) is 0 Å². The van der Waals surface area contributed by atoms with Crippen LogP contribution in [0.15, 0.2) is 24.3 Å². The van der Waals surface area contributed by atoms with Crippen molar-refractivity contribution in [3.63, 3.8) is 0 Å². The summed E-state index contributed by atoms with van der Waals surface area (Å²) >= 11 is 0. The van der Waals surface area contributed by atoms with Gasteiger partial charge in [0.2, 0.25) is 5.88 Å². The standard InChI is InChI=1S/C16H23N3O2/c1-4-11-20-13-5-7-14(8-6-13)21-16-15(9-10-17)12(2)18-19(16)3/h5-8H,4,9-11,17H2,1-3H3. The van der Waals surface area contributed by atoms with Crippen molar-refractivity contribution in [2.45, 2.75) is 26.7 Å². The van der Waals surface area contributed by atoms with E-state index in [9.17, 15) is 0 Å². The molecule has 0 aliphatic heterocycles. The predicted molar refractivity (Wildman–Crippen MR) is 83.0 cm³/mol. The first kappa shape index (κ1) is 15.4. The van der Waals surface area contributed by atoms with Crippen LogP contribution in [0, 0.1) is 6.92 Å². The third-order valence-corrected chi connectivity index (χ3v) is 3.19. The molecule has 0 unspecified atom stereocenters. The normalized spacial score (nSPS) is 10.7. The monoisotopic (exact) mass is 289 g/mol. The fraction of sp³-hybridized carbons (Fsp3) is 0.438. The molecule has 1 heterocycles. The lowest BCUT2D eigenvalue weighted by molar-refractivity contribution is 0.317. The van der Waals surface area contributed by atoms with Gasteiger partial charge in [0.15, 0.2) is 0 Å². The highest BCUT2D eigenvalue weighted by molar-refractivity contribution is 5.38. The Labute approximate surface area is 125 Å². The summed E-state index contributed by atoms with van der Waals surface area (Å²) in [5.74, 6) is 2.37. The quantitative estimate of drug-likeness (QED) is 0.851. The highest BCUT2D eigenvalue weighted by atomic mass is 16.5. The predicted octanol–water partition coefficient (Wildman–Crippen LogP) is 2.81. The Balaban J connectivity index is 2.14. The highest BCUT2D eigenvalue weighted by Crippen LogP contribution is 2.28. The molecule has 0 amide bonds. The van der Waals surface area contributed by atoms with Crippen LogP contribution < -0.4 is 15.2 Å². The number of hydrogen-bond acceptors (Lipinski definition) is 4. The van der Waals surface area contributed by atoms with E-state index in [0.717, 1.165) is 48.1 Å². The molecule has 0 saturated carbocycles. The molecule has 0 radical (unpaired) electrons. The molecule has 0 aliphatic rings. The van der Waals surface area contributed by atoms with E-state index in [1.165, 1.54) is 0 Å². The summed E-state index contributed by atoms with van der Waals surface area (Å²) in [7, 11) is 1.88. The SMILES string of the molecule is CCCOc1ccc(Oc2c(CCN)c(C)nn2C)cc1. The van der Waals surface area contributed by atoms with Crippen molar-refractivity contribution in [3.05, 3.63) is 35.5 Å². The van der Waals surface area contributed by atoms with Crippen LogP contribution in [0.1, 0.15) is 24.6 Å². The van der Waals surface area contributed by atoms with E-state index in [1.54, 1.807) is 4.68 Å². The van der Waals surface area contributed by atoms with Crippen LogP contribution in [0.3, 0.4) is 0 Å². The van der Waals surface area contributed by atoms with Gasteiger partial charge in [0, 0.05) is 12.6 Å². The molecule has 21 heavy (non-hydrogen) atoms. The fourth-order valence-electron chi connectivity index (χ4n) is 2.18. The minimum atomic E-state index is 0.576. The number of benzene rings is 1. The van der Waals surface area contributed by atoms with Crippen molar-refractivity contribution in [3.8, 4) is 17.4 Å². The van der Waals surface area contributed by atoms with Crippen LogP contribution in [0.2, 0.25) is 0 Å². The van der Waals surface area contributed by atoms with Crippen LogP contribution >= 0.6 is 0 Å². The van der Waals surface area contributed by atoms with Crippen LogP contribution in [0.5, 0.6) is 17.4 Å². The topological polar surface area (TPSA) is 62.3 Å². The maximum Gasteiger partial charge on any atom is 0.221 e. The molecule has 0 saturated heterocycles. The Morgan fingerprint density at radius 2 is 1.86 bits per heavy atom. The first-order valence-electron chi connectivity index (χ1n) is 7.29. The first-order valence-corrected chi connectivity index (χ1v) is 7.29. The molecular formula is C16H23N3O2. The highest BCUT2D eigenvalue weighted by Gasteiger charge is 2.14. The Kier molecular flexibility index (Phi) is 5.22. The number of nitrogens with two attached hydrogens (primary N) is 1. The second-order valence-electron chi connectivity index (χ2n) is 4.95. The van der Waals surface area contributed by atoms with E-state index in [2.05, 4.69) is 12.0 Å². The van der Waals surface area contributed by atoms with Gasteiger partial charge in [-0.05, 0) is 50.6 Å². The third kappa shape index (κ3) is 3.76. The van der Waals surface area contributed by atoms with Crippen molar-refractivity contribution in [1.82, 2.24) is 9.78 Å². The first-order chi connectivity index (χ1) is 10.2. The van der Waals surface area contributed by atoms with Gasteiger partial charge >= 0.3 is 0 Å². The molecule has 1 aromatic heterocycles. The van der Waals surface area contributed by atoms with Gasteiger partial charge in [-0.25, -0.2) is 4.68 Å². The third-order valence-electron chi connectivity index (χ3n) is 3.19. The van der Waals surface area contributed by atoms with Crippen LogP contribution in [0.4, 0.5) is 0 Å². The number of nitrogens with zero attached hydrogens (tertiary/aromatic N) is 2. The second kappa shape index (κ2) is 7.13. The molecule has 2 aromatic rings. The zero-order valence-electron chi connectivity index (χ0n) is 12.9. The Hall–Kier alpha value is -2.01. The molecule has 5 nitrogen and oxygen atoms in total. The van der Waals surface area contributed by atoms with Crippen LogP contribution in [0.25, 0.3) is 0 Å². The summed E-state index contributed by atoms with van der Waals surface area (Å²) < 4.78 is 13.3. The number of ether oxygens (including phenoxy) is 2. The van der Waals surface area contributed by atoms with E-state index in [0.29, 0.717) is 6.54 Å². The molecule has 1 aromatic carbocycles. The zero-order chi connectivity index (χ0) is 15.2. The second-order valence-corrected chi connectivity index (χ2v) is 4.95. The van der Waals surface area contributed by atoms with Gasteiger partial charge in [-0.1, -0.05) is 6.92 Å². The number of aryl methyl sites for hydroxylation is 2. The maximum absolute atomic E-state index is 5.96. The Bertz CT molecular complexity index is 576. The average molecular weight is 289 g/mol. The minimum absolute atomic E-state index is 0.576. The molecule has 0 atom stereocenters. The minimum Gasteiger partial charge on any atom is -0.494 e. The lowest BCUT2D eigenvalue weighted by Gasteiger charge is -2.09. The molecule has 0 spiro atoms. The fourth-order valence-corrected chi connectivity index (χ4v) is 2.18. The molecule has 2 rings (SSSR count). The van der Waals surface area contributed by atoms with E-state index < -0.39 is 0 Å². The Morgan fingerprint density at radius 3 is 2.48 bits per heavy atom. The van der Waals surface area contributed by atoms with E-state index in [4.69, 9.17) is 15.2 Å². The van der Waals surface area contributed by atoms with Gasteiger partial charge < -0.3 is 15.2 Å². The van der Waals surface area contributed by atoms with Crippen molar-refractivity contribution < 1.29 is 9.47 Å². The summed E-state index contributed by atoms with van der Waals surface area (Å²) in [5, 5.41) is 4.40. The molecule has 2 N–H and O–H groups in total. The van der Waals surface area contributed by atoms with Gasteiger partial charge in [-0.2, -0.15) is 5.10 Å². The van der Waals surface area contributed by atoms with Gasteiger partial charge in [0.25, 0.3) is 0 Å². The lowest BCUT2D eigenvalue weighted by Crippen LogP contribution is -2.05. The van der Waals surface area contributed by atoms with Gasteiger partial charge in [0.1, 0.15) is 11.5 Å². The lowest BCUT2D eigenvalue weighted by atomic mass is 10.2. The molecule has 0 aliphatic carbocycles. The molecular weight excluding hydrogens is 266 g/mol. The van der Waals surface area contributed by atoms with Crippen molar-refractivity contribution in [2.24, 2.45) is 12.8 Å². The average Bonchev–Trinajstić information content (AvgIpc) is 2.74. The summed E-state index contributed by atoms with van der Waals surface area (Å²) in [4.78, 5) is 0. The van der Waals surface area contributed by atoms with Crippen LogP contribution in [-0.4, -0.2) is 22.9 Å². The van der Waals surface area contributed by atoms with Crippen molar-refractivity contribution >= 4 is 0 Å². The van der Waals surface area contributed by atoms with Gasteiger partial charge in [0.05, 0.1) is 12.3 Å². The van der Waals surface area contributed by atoms with Crippen LogP contribution in [-0.2, 0) is 13.5 Å². The summed E-state index contributed by atoms with van der Waals surface area (Å²) in [6, 6.07) is 7.63. The molecule has 5 heteroatoms. The van der Waals surface area contributed by atoms with Crippen molar-refractivity contribution in [2.75, 3.05) is 13.2 Å². The number of aromatic nitrogens is 2. The molecule has 0 fully saturated rings. The van der Waals surface area contributed by atoms with E-state index in [1.807, 2.05) is 38.2 Å². The van der Waals surface area contributed by atoms with Gasteiger partial charge in [-0.3, -0.25) is 0 Å². The summed E-state index contributed by atoms with van der Waals surface area (Å²) in [6.07, 6.45) is 1.75. The molecule has 0 bridgehead atoms. The molecule has 114 valence electrons. The van der Waals surface area contributed by atoms with Crippen molar-refractivity contribution in [1.29, 1.82) is 0 Å². The smallest absolute Gasteiger partial charge is 0.221 e. The zero-order valence-corrected chi connectivity index (χ0v) is 12.9. The Morgan fingerprint density at radius 1 is 1.19 bits per heavy atom.